The number of aromatic nitrogens is 1. The lowest BCUT2D eigenvalue weighted by Crippen LogP contribution is -2.48. The number of benzene rings is 2. The molecular weight excluding hydrogens is 600 g/mol. The molecule has 2 aromatic carbocycles. The van der Waals surface area contributed by atoms with E-state index in [4.69, 9.17) is 20.2 Å². The van der Waals surface area contributed by atoms with Gasteiger partial charge in [-0.15, -0.1) is 0 Å². The molecule has 5 rings (SSSR count). The van der Waals surface area contributed by atoms with Crippen molar-refractivity contribution in [2.45, 2.75) is 82.2 Å². The van der Waals surface area contributed by atoms with Crippen LogP contribution in [0, 0.1) is 6.92 Å². The van der Waals surface area contributed by atoms with Gasteiger partial charge in [-0.1, -0.05) is 12.1 Å². The van der Waals surface area contributed by atoms with Crippen LogP contribution in [0.25, 0.3) is 0 Å². The Labute approximate surface area is 274 Å². The Kier molecular flexibility index (Phi) is 10.5. The summed E-state index contributed by atoms with van der Waals surface area (Å²) < 4.78 is 38.0. The smallest absolute Gasteiger partial charge is 0.182 e. The first kappa shape index (κ1) is 34.0. The van der Waals surface area contributed by atoms with Gasteiger partial charge < -0.3 is 35.3 Å². The van der Waals surface area contributed by atoms with Crippen molar-refractivity contribution in [3.63, 3.8) is 0 Å². The number of nitrogens with zero attached hydrogens (tertiary/aromatic N) is 3. The fourth-order valence-corrected chi connectivity index (χ4v) is 7.52. The summed E-state index contributed by atoms with van der Waals surface area (Å²) in [7, 11) is 0.113. The third kappa shape index (κ3) is 7.27. The number of likely N-dealkylation sites (tertiary alicyclic amines) is 1. The largest absolute Gasteiger partial charge is 0.489 e. The summed E-state index contributed by atoms with van der Waals surface area (Å²) in [6, 6.07) is 13.3. The number of sulfone groups is 1. The predicted molar refractivity (Wildman–Crippen MR) is 186 cm³/mol. The maximum atomic E-state index is 13.2. The van der Waals surface area contributed by atoms with Gasteiger partial charge in [-0.2, -0.15) is 0 Å². The van der Waals surface area contributed by atoms with Crippen LogP contribution in [0.5, 0.6) is 5.75 Å². The number of rotatable bonds is 11. The van der Waals surface area contributed by atoms with Gasteiger partial charge in [0.15, 0.2) is 9.84 Å². The fourth-order valence-electron chi connectivity index (χ4n) is 6.34. The number of nitrogens with one attached hydrogen (secondary N) is 2. The van der Waals surface area contributed by atoms with E-state index < -0.39 is 15.1 Å². The Morgan fingerprint density at radius 1 is 1.11 bits per heavy atom. The summed E-state index contributed by atoms with van der Waals surface area (Å²) in [5, 5.41) is 3.02. The number of ether oxygens (including phenoxy) is 2. The number of piperidine rings is 1. The van der Waals surface area contributed by atoms with Crippen molar-refractivity contribution < 1.29 is 17.9 Å². The number of nitrogens with two attached hydrogens (primary N) is 1. The van der Waals surface area contributed by atoms with E-state index in [1.807, 2.05) is 31.9 Å². The lowest BCUT2D eigenvalue weighted by molar-refractivity contribution is 0.130. The lowest BCUT2D eigenvalue weighted by Gasteiger charge is -2.33. The number of fused-ring (bicyclic) bond motifs is 1. The van der Waals surface area contributed by atoms with Gasteiger partial charge in [-0.3, -0.25) is 0 Å². The maximum Gasteiger partial charge on any atom is 0.182 e. The highest BCUT2D eigenvalue weighted by atomic mass is 32.2. The molecule has 11 heteroatoms. The van der Waals surface area contributed by atoms with Gasteiger partial charge in [0.1, 0.15) is 17.4 Å². The van der Waals surface area contributed by atoms with Crippen LogP contribution < -0.4 is 15.8 Å². The summed E-state index contributed by atoms with van der Waals surface area (Å²) in [5.41, 5.74) is 12.2. The molecule has 46 heavy (non-hydrogen) atoms. The highest BCUT2D eigenvalue weighted by Gasteiger charge is 2.30. The van der Waals surface area contributed by atoms with E-state index in [-0.39, 0.29) is 17.2 Å². The minimum Gasteiger partial charge on any atom is -0.489 e. The minimum atomic E-state index is -3.54. The average molecular weight is 651 g/mol. The van der Waals surface area contributed by atoms with Crippen molar-refractivity contribution in [2.24, 2.45) is 10.7 Å². The molecule has 2 aliphatic heterocycles. The molecule has 1 atom stereocenters. The number of aryl methyl sites for hydroxylation is 1. The summed E-state index contributed by atoms with van der Waals surface area (Å²) in [6.45, 7) is 13.5. The van der Waals surface area contributed by atoms with Gasteiger partial charge in [0.25, 0.3) is 0 Å². The SMILES string of the molecule is COCCN1CCC(c2cc(OC(C)C)c(Nc3cc4c([nH]3)CC(N)N(C)C4=Nc3ccccc3S(=O)(=O)C(C)C)cc2C)CC1. The third-order valence-corrected chi connectivity index (χ3v) is 11.2. The molecule has 0 spiro atoms. The van der Waals surface area contributed by atoms with Crippen LogP contribution in [0.4, 0.5) is 17.2 Å². The number of likely N-dealkylation sites (N-methyl/N-ethyl adjacent to an activating group) is 1. The van der Waals surface area contributed by atoms with Gasteiger partial charge >= 0.3 is 0 Å². The Morgan fingerprint density at radius 3 is 2.50 bits per heavy atom. The van der Waals surface area contributed by atoms with Crippen LogP contribution in [0.2, 0.25) is 0 Å². The van der Waals surface area contributed by atoms with Gasteiger partial charge in [-0.25, -0.2) is 13.4 Å². The Hall–Kier alpha value is -3.38. The van der Waals surface area contributed by atoms with Crippen molar-refractivity contribution >= 4 is 32.9 Å². The molecule has 0 amide bonds. The number of methoxy groups -OCH3 is 1. The van der Waals surface area contributed by atoms with E-state index >= 15 is 0 Å². The number of H-pyrrole nitrogens is 1. The second-order valence-corrected chi connectivity index (χ2v) is 15.5. The van der Waals surface area contributed by atoms with Gasteiger partial charge in [0.2, 0.25) is 0 Å². The van der Waals surface area contributed by atoms with Crippen molar-refractivity contribution in [3.8, 4) is 5.75 Å². The Bertz CT molecular complexity index is 1660. The number of amidine groups is 1. The Morgan fingerprint density at radius 2 is 1.83 bits per heavy atom. The maximum absolute atomic E-state index is 13.2. The molecule has 1 saturated heterocycles. The summed E-state index contributed by atoms with van der Waals surface area (Å²) in [6.07, 6.45) is 2.50. The first-order chi connectivity index (χ1) is 21.9. The number of hydrogen-bond acceptors (Lipinski definition) is 8. The molecule has 0 saturated carbocycles. The van der Waals surface area contributed by atoms with E-state index in [0.717, 1.165) is 67.6 Å². The molecule has 0 bridgehead atoms. The number of para-hydroxylation sites is 1. The normalized spacial score (nSPS) is 18.9. The Balaban J connectivity index is 1.46. The van der Waals surface area contributed by atoms with Gasteiger partial charge in [-0.05, 0) is 108 Å². The standard InChI is InChI=1S/C35H50N6O4S/c1-22(2)45-31-19-26(25-12-14-41(15-13-25)16-17-44-7)24(5)18-30(31)38-34-20-27-29(37-34)21-33(36)40(6)35(27)39-28-10-8-9-11-32(28)46(42,43)23(3)4/h8-11,18-20,22-23,25,33,37-38H,12-17,21,36H2,1-7H3. The van der Waals surface area contributed by atoms with Crippen molar-refractivity contribution in [3.05, 3.63) is 64.8 Å². The summed E-state index contributed by atoms with van der Waals surface area (Å²) >= 11 is 0. The number of aliphatic imine (C=N–C) groups is 1. The molecule has 4 N–H and O–H groups in total. The number of hydrogen-bond donors (Lipinski definition) is 3. The van der Waals surface area contributed by atoms with Crippen molar-refractivity contribution in [2.75, 3.05) is 45.7 Å². The summed E-state index contributed by atoms with van der Waals surface area (Å²) in [4.78, 5) is 13.0. The van der Waals surface area contributed by atoms with E-state index in [0.29, 0.717) is 23.9 Å². The van der Waals surface area contributed by atoms with E-state index in [1.54, 1.807) is 45.2 Å². The van der Waals surface area contributed by atoms with E-state index in [2.05, 4.69) is 34.3 Å². The molecular formula is C35H50N6O4S. The predicted octanol–water partition coefficient (Wildman–Crippen LogP) is 5.71. The van der Waals surface area contributed by atoms with Crippen LogP contribution in [-0.2, 0) is 21.0 Å². The van der Waals surface area contributed by atoms with Crippen molar-refractivity contribution in [1.82, 2.24) is 14.8 Å². The van der Waals surface area contributed by atoms with E-state index in [9.17, 15) is 8.42 Å². The first-order valence-corrected chi connectivity index (χ1v) is 17.9. The van der Waals surface area contributed by atoms with Gasteiger partial charge in [0, 0.05) is 38.4 Å². The molecule has 1 unspecified atom stereocenters. The number of anilines is 2. The molecule has 1 aromatic heterocycles. The fraction of sp³-hybridized carbons (Fsp3) is 0.514. The van der Waals surface area contributed by atoms with Crippen LogP contribution in [0.1, 0.15) is 68.8 Å². The third-order valence-electron chi connectivity index (χ3n) is 9.04. The second-order valence-electron chi connectivity index (χ2n) is 13.1. The second kappa shape index (κ2) is 14.2. The zero-order chi connectivity index (χ0) is 33.2. The molecule has 0 radical (unpaired) electrons. The highest BCUT2D eigenvalue weighted by Crippen LogP contribution is 2.39. The molecule has 2 aliphatic rings. The van der Waals surface area contributed by atoms with E-state index in [1.165, 1.54) is 11.1 Å². The molecule has 1 fully saturated rings. The minimum absolute atomic E-state index is 0.0106. The average Bonchev–Trinajstić information content (AvgIpc) is 3.41. The molecule has 3 heterocycles. The molecule has 0 aliphatic carbocycles. The van der Waals surface area contributed by atoms with Gasteiger partial charge in [0.05, 0.1) is 40.4 Å². The monoisotopic (exact) mass is 650 g/mol. The van der Waals surface area contributed by atoms with Crippen LogP contribution >= 0.6 is 0 Å². The zero-order valence-corrected chi connectivity index (χ0v) is 29.1. The molecule has 250 valence electrons. The van der Waals surface area contributed by atoms with Crippen LogP contribution in [-0.4, -0.2) is 87.0 Å². The topological polar surface area (TPSA) is 125 Å². The number of aromatic amines is 1. The van der Waals surface area contributed by atoms with Crippen molar-refractivity contribution in [1.29, 1.82) is 0 Å². The van der Waals surface area contributed by atoms with Crippen LogP contribution in [0.15, 0.2) is 52.4 Å². The first-order valence-electron chi connectivity index (χ1n) is 16.3. The zero-order valence-electron chi connectivity index (χ0n) is 28.3. The molecule has 10 nitrogen and oxygen atoms in total. The molecule has 3 aromatic rings. The quantitative estimate of drug-likeness (QED) is 0.241. The highest BCUT2D eigenvalue weighted by molar-refractivity contribution is 7.92. The summed E-state index contributed by atoms with van der Waals surface area (Å²) in [5.74, 6) is 2.71. The van der Waals surface area contributed by atoms with Crippen LogP contribution in [0.3, 0.4) is 0 Å². The lowest BCUT2D eigenvalue weighted by atomic mass is 9.86.